The van der Waals surface area contributed by atoms with E-state index in [9.17, 15) is 14.7 Å². The van der Waals surface area contributed by atoms with Gasteiger partial charge in [0.05, 0.1) is 19.0 Å². The predicted octanol–water partition coefficient (Wildman–Crippen LogP) is 3.77. The van der Waals surface area contributed by atoms with Crippen molar-refractivity contribution in [2.75, 3.05) is 7.11 Å². The van der Waals surface area contributed by atoms with Gasteiger partial charge >= 0.3 is 43.7 Å². The smallest absolute Gasteiger partial charge is 1.00 e. The summed E-state index contributed by atoms with van der Waals surface area (Å²) in [6, 6.07) is 11.9. The molecule has 1 heterocycles. The van der Waals surface area contributed by atoms with E-state index < -0.39 is 5.97 Å². The van der Waals surface area contributed by atoms with E-state index in [1.807, 2.05) is 0 Å². The van der Waals surface area contributed by atoms with Crippen LogP contribution >= 0.6 is 11.6 Å². The molecule has 0 fully saturated rings. The monoisotopic (exact) mass is 399 g/mol. The predicted molar refractivity (Wildman–Crippen MR) is 104 cm³/mol. The molecule has 3 aromatic rings. The van der Waals surface area contributed by atoms with Gasteiger partial charge in [-0.2, -0.15) is 0 Å². The van der Waals surface area contributed by atoms with Gasteiger partial charge in [-0.15, -0.1) is 0 Å². The number of methoxy groups -OCH3 is 1. The van der Waals surface area contributed by atoms with Crippen molar-refractivity contribution in [1.29, 1.82) is 0 Å². The number of aromatic nitrogens is 1. The Morgan fingerprint density at radius 3 is 2.42 bits per heavy atom. The SMILES string of the molecule is COc1ccc2c(c1)c(CC(=O)O)c(C)n2C(=O)c1ccc(Cl)cc1.[Ca+2].[H-].[H-]. The zero-order valence-electron chi connectivity index (χ0n) is 16.5. The van der Waals surface area contributed by atoms with Crippen molar-refractivity contribution in [2.24, 2.45) is 0 Å². The van der Waals surface area contributed by atoms with Crippen molar-refractivity contribution in [2.45, 2.75) is 13.3 Å². The van der Waals surface area contributed by atoms with Crippen molar-refractivity contribution in [3.05, 3.63) is 64.3 Å². The second-order valence-corrected chi connectivity index (χ2v) is 6.10. The maximum absolute atomic E-state index is 13.0. The maximum atomic E-state index is 13.0. The van der Waals surface area contributed by atoms with Crippen molar-refractivity contribution in [1.82, 2.24) is 4.57 Å². The van der Waals surface area contributed by atoms with Crippen LogP contribution in [-0.2, 0) is 11.2 Å². The third-order valence-corrected chi connectivity index (χ3v) is 4.42. The molecule has 0 unspecified atom stereocenters. The summed E-state index contributed by atoms with van der Waals surface area (Å²) in [6.07, 6.45) is -0.170. The van der Waals surface area contributed by atoms with Gasteiger partial charge in [-0.05, 0) is 55.0 Å². The minimum atomic E-state index is -0.955. The quantitative estimate of drug-likeness (QED) is 0.678. The first kappa shape index (κ1) is 20.8. The average Bonchev–Trinajstić information content (AvgIpc) is 2.86. The van der Waals surface area contributed by atoms with Crippen molar-refractivity contribution in [3.63, 3.8) is 0 Å². The van der Waals surface area contributed by atoms with Crippen LogP contribution in [0.1, 0.15) is 24.5 Å². The summed E-state index contributed by atoms with van der Waals surface area (Å²) in [6.45, 7) is 1.75. The van der Waals surface area contributed by atoms with Crippen molar-refractivity contribution >= 4 is 72.1 Å². The van der Waals surface area contributed by atoms with Gasteiger partial charge in [0.15, 0.2) is 0 Å². The van der Waals surface area contributed by atoms with E-state index in [4.69, 9.17) is 16.3 Å². The summed E-state index contributed by atoms with van der Waals surface area (Å²) in [7, 11) is 1.54. The van der Waals surface area contributed by atoms with Crippen LogP contribution in [0.5, 0.6) is 5.75 Å². The number of fused-ring (bicyclic) bond motifs is 1. The third-order valence-electron chi connectivity index (χ3n) is 4.16. The molecule has 2 aromatic carbocycles. The molecule has 0 saturated carbocycles. The summed E-state index contributed by atoms with van der Waals surface area (Å²) < 4.78 is 6.77. The molecule has 3 rings (SSSR count). The number of carboxylic acids is 1. The number of carboxylic acid groups (broad SMARTS) is 1. The number of benzene rings is 2. The number of hydrogen-bond donors (Lipinski definition) is 1. The largest absolute Gasteiger partial charge is 2.00 e. The van der Waals surface area contributed by atoms with E-state index in [0.29, 0.717) is 38.5 Å². The molecule has 0 saturated heterocycles. The van der Waals surface area contributed by atoms with Crippen molar-refractivity contribution in [3.8, 4) is 5.75 Å². The summed E-state index contributed by atoms with van der Waals surface area (Å²) in [5, 5.41) is 10.5. The molecule has 0 amide bonds. The zero-order chi connectivity index (χ0) is 18.1. The van der Waals surface area contributed by atoms with E-state index >= 15 is 0 Å². The molecule has 1 aromatic heterocycles. The van der Waals surface area contributed by atoms with Gasteiger partial charge < -0.3 is 12.7 Å². The van der Waals surface area contributed by atoms with Gasteiger partial charge in [-0.25, -0.2) is 0 Å². The normalized spacial score (nSPS) is 10.4. The number of aliphatic carboxylic acids is 1. The number of rotatable bonds is 4. The summed E-state index contributed by atoms with van der Waals surface area (Å²) in [5.74, 6) is -0.583. The van der Waals surface area contributed by atoms with E-state index in [1.165, 1.54) is 4.57 Å². The van der Waals surface area contributed by atoms with Crippen LogP contribution in [0.15, 0.2) is 42.5 Å². The van der Waals surface area contributed by atoms with E-state index in [0.717, 1.165) is 0 Å². The Balaban J connectivity index is 0.00000243. The van der Waals surface area contributed by atoms with Crippen LogP contribution in [-0.4, -0.2) is 66.4 Å². The molecule has 26 heavy (non-hydrogen) atoms. The fraction of sp³-hybridized carbons (Fsp3) is 0.158. The fourth-order valence-corrected chi connectivity index (χ4v) is 3.07. The first-order chi connectivity index (χ1) is 11.9. The van der Waals surface area contributed by atoms with Crippen molar-refractivity contribution < 1.29 is 22.3 Å². The molecule has 0 aliphatic heterocycles. The molecule has 0 spiro atoms. The van der Waals surface area contributed by atoms with Crippen LogP contribution in [0.25, 0.3) is 10.9 Å². The number of nitrogens with zero attached hydrogens (tertiary/aromatic N) is 1. The molecule has 7 heteroatoms. The number of carbonyl (C=O) groups excluding carboxylic acids is 1. The molecule has 0 radical (unpaired) electrons. The van der Waals surface area contributed by atoms with E-state index in [-0.39, 0.29) is 52.9 Å². The second kappa shape index (κ2) is 8.44. The topological polar surface area (TPSA) is 68.5 Å². The summed E-state index contributed by atoms with van der Waals surface area (Å²) in [5.41, 5.74) is 2.32. The van der Waals surface area contributed by atoms with Gasteiger partial charge in [0.25, 0.3) is 5.91 Å². The van der Waals surface area contributed by atoms with Crippen LogP contribution in [0, 0.1) is 6.92 Å². The van der Waals surface area contributed by atoms with Crippen LogP contribution < -0.4 is 4.74 Å². The Labute approximate surface area is 188 Å². The standard InChI is InChI=1S/C19H16ClNO4.Ca.2H/c1-11-15(10-18(22)23)16-9-14(25-2)7-8-17(16)21(11)19(24)12-3-5-13(20)6-4-12;;;/h3-9H,10H2,1-2H3,(H,22,23);;;/q;+2;2*-1. The van der Waals surface area contributed by atoms with E-state index in [2.05, 4.69) is 0 Å². The molecule has 5 nitrogen and oxygen atoms in total. The number of hydrogen-bond acceptors (Lipinski definition) is 3. The van der Waals surface area contributed by atoms with E-state index in [1.54, 1.807) is 56.5 Å². The molecule has 0 aliphatic carbocycles. The number of halogens is 1. The van der Waals surface area contributed by atoms with Crippen LogP contribution in [0.2, 0.25) is 5.02 Å². The summed E-state index contributed by atoms with van der Waals surface area (Å²) in [4.78, 5) is 24.3. The minimum Gasteiger partial charge on any atom is -1.00 e. The Kier molecular flexibility index (Phi) is 6.74. The molecular weight excluding hydrogens is 382 g/mol. The summed E-state index contributed by atoms with van der Waals surface area (Å²) >= 11 is 5.89. The Bertz CT molecular complexity index is 990. The Morgan fingerprint density at radius 2 is 1.85 bits per heavy atom. The van der Waals surface area contributed by atoms with Crippen LogP contribution in [0.3, 0.4) is 0 Å². The van der Waals surface area contributed by atoms with Gasteiger partial charge in [0.2, 0.25) is 0 Å². The first-order valence-corrected chi connectivity index (χ1v) is 8.00. The molecule has 0 bridgehead atoms. The fourth-order valence-electron chi connectivity index (χ4n) is 2.95. The molecule has 1 N–H and O–H groups in total. The van der Waals surface area contributed by atoms with Gasteiger partial charge in [-0.1, -0.05) is 11.6 Å². The van der Waals surface area contributed by atoms with Gasteiger partial charge in [0, 0.05) is 21.7 Å². The Hall–Kier alpha value is -1.53. The average molecular weight is 400 g/mol. The van der Waals surface area contributed by atoms with Gasteiger partial charge in [-0.3, -0.25) is 14.2 Å². The molecule has 0 aliphatic rings. The Morgan fingerprint density at radius 1 is 1.19 bits per heavy atom. The third kappa shape index (κ3) is 3.91. The van der Waals surface area contributed by atoms with Gasteiger partial charge in [0.1, 0.15) is 5.75 Å². The first-order valence-electron chi connectivity index (χ1n) is 7.62. The molecule has 0 atom stereocenters. The molecular formula is C19H18CaClNO4. The molecule has 132 valence electrons. The number of carbonyl (C=O) groups is 2. The maximum Gasteiger partial charge on any atom is 2.00 e. The minimum absolute atomic E-state index is 0. The number of ether oxygens (including phenoxy) is 1. The second-order valence-electron chi connectivity index (χ2n) is 5.67. The zero-order valence-corrected chi connectivity index (χ0v) is 17.4. The van der Waals surface area contributed by atoms with Crippen LogP contribution in [0.4, 0.5) is 0 Å².